The van der Waals surface area contributed by atoms with Crippen molar-refractivity contribution in [2.24, 2.45) is 5.92 Å². The Bertz CT molecular complexity index is 1540. The monoisotopic (exact) mass is 468 g/mol. The van der Waals surface area contributed by atoms with E-state index in [0.29, 0.717) is 11.8 Å². The summed E-state index contributed by atoms with van der Waals surface area (Å²) >= 11 is 0. The molecule has 1 aliphatic heterocycles. The predicted octanol–water partition coefficient (Wildman–Crippen LogP) is 8.96. The molecule has 0 aromatic heterocycles. The predicted molar refractivity (Wildman–Crippen MR) is 145 cm³/mol. The van der Waals surface area contributed by atoms with Crippen molar-refractivity contribution in [3.05, 3.63) is 131 Å². The molecule has 176 valence electrons. The van der Waals surface area contributed by atoms with Gasteiger partial charge in [0.25, 0.3) is 0 Å². The summed E-state index contributed by atoms with van der Waals surface area (Å²) in [6.45, 7) is 4.67. The molecule has 2 unspecified atom stereocenters. The molecule has 2 nitrogen and oxygen atoms in total. The first-order valence-electron chi connectivity index (χ1n) is 12.7. The molecule has 2 aliphatic carbocycles. The molecule has 0 saturated heterocycles. The average Bonchev–Trinajstić information content (AvgIpc) is 3.15. The summed E-state index contributed by atoms with van der Waals surface area (Å²) < 4.78 is 13.0. The summed E-state index contributed by atoms with van der Waals surface area (Å²) in [7, 11) is 0. The maximum Gasteiger partial charge on any atom is 0.174 e. The number of benzene rings is 4. The van der Waals surface area contributed by atoms with Crippen molar-refractivity contribution in [3.8, 4) is 34.1 Å². The van der Waals surface area contributed by atoms with Gasteiger partial charge >= 0.3 is 0 Å². The van der Waals surface area contributed by atoms with Crippen LogP contribution in [-0.2, 0) is 11.8 Å². The molecule has 36 heavy (non-hydrogen) atoms. The molecule has 0 N–H and O–H groups in total. The molecule has 4 aromatic rings. The van der Waals surface area contributed by atoms with Gasteiger partial charge in [-0.1, -0.05) is 105 Å². The van der Waals surface area contributed by atoms with Crippen LogP contribution in [0.1, 0.15) is 42.0 Å². The zero-order valence-electron chi connectivity index (χ0n) is 20.6. The van der Waals surface area contributed by atoms with Gasteiger partial charge in [0, 0.05) is 11.5 Å². The van der Waals surface area contributed by atoms with Gasteiger partial charge in [-0.05, 0) is 63.8 Å². The molecule has 4 aromatic carbocycles. The van der Waals surface area contributed by atoms with Crippen LogP contribution in [-0.4, -0.2) is 0 Å². The molecule has 3 aliphatic rings. The Labute approximate surface area is 212 Å². The van der Waals surface area contributed by atoms with E-state index in [1.165, 1.54) is 27.8 Å². The molecule has 0 fully saturated rings. The van der Waals surface area contributed by atoms with E-state index in [4.69, 9.17) is 9.47 Å². The van der Waals surface area contributed by atoms with Crippen LogP contribution in [0.15, 0.2) is 109 Å². The van der Waals surface area contributed by atoms with E-state index in [-0.39, 0.29) is 5.41 Å². The van der Waals surface area contributed by atoms with Crippen molar-refractivity contribution in [1.82, 2.24) is 0 Å². The van der Waals surface area contributed by atoms with Gasteiger partial charge in [0.2, 0.25) is 0 Å². The van der Waals surface area contributed by atoms with Gasteiger partial charge in [-0.3, -0.25) is 0 Å². The molecular formula is C34H28O2. The molecule has 0 radical (unpaired) electrons. The SMILES string of the molecule is CC1(C)c2ccc3c(c2C2C=CC=CC21)Oc1ccc(-c2cccc(Cc4ccccc4)c2)cc1O3. The maximum absolute atomic E-state index is 6.57. The first-order chi connectivity index (χ1) is 17.6. The van der Waals surface area contributed by atoms with Gasteiger partial charge < -0.3 is 9.47 Å². The summed E-state index contributed by atoms with van der Waals surface area (Å²) in [5.74, 6) is 3.96. The van der Waals surface area contributed by atoms with Crippen LogP contribution in [0.4, 0.5) is 0 Å². The van der Waals surface area contributed by atoms with Crippen LogP contribution in [0.2, 0.25) is 0 Å². The van der Waals surface area contributed by atoms with Gasteiger partial charge in [-0.15, -0.1) is 0 Å². The zero-order chi connectivity index (χ0) is 24.3. The Hall–Kier alpha value is -4.04. The second-order valence-corrected chi connectivity index (χ2v) is 10.6. The molecule has 0 saturated carbocycles. The normalized spacial score (nSPS) is 19.9. The largest absolute Gasteiger partial charge is 0.449 e. The number of rotatable bonds is 3. The fourth-order valence-corrected chi connectivity index (χ4v) is 6.18. The first-order valence-corrected chi connectivity index (χ1v) is 12.7. The number of ether oxygens (including phenoxy) is 2. The van der Waals surface area contributed by atoms with Crippen molar-refractivity contribution < 1.29 is 9.47 Å². The van der Waals surface area contributed by atoms with Crippen LogP contribution in [0.5, 0.6) is 23.0 Å². The molecule has 1 heterocycles. The third-order valence-electron chi connectivity index (χ3n) is 8.04. The molecule has 0 amide bonds. The van der Waals surface area contributed by atoms with E-state index in [0.717, 1.165) is 35.0 Å². The average molecular weight is 469 g/mol. The third kappa shape index (κ3) is 3.32. The standard InChI is InChI=1S/C34H28O2/c1-34(2)27-14-7-6-13-26(27)32-28(34)16-18-30-33(32)36-29-17-15-25(21-31(29)35-30)24-12-8-11-23(20-24)19-22-9-4-3-5-10-22/h3-18,20-21,26-27H,19H2,1-2H3. The highest BCUT2D eigenvalue weighted by Gasteiger charge is 2.47. The van der Waals surface area contributed by atoms with Gasteiger partial charge in [-0.25, -0.2) is 0 Å². The van der Waals surface area contributed by atoms with E-state index >= 15 is 0 Å². The summed E-state index contributed by atoms with van der Waals surface area (Å²) in [4.78, 5) is 0. The number of allylic oxidation sites excluding steroid dienone is 4. The highest BCUT2D eigenvalue weighted by molar-refractivity contribution is 5.71. The minimum atomic E-state index is 0.0501. The Balaban J connectivity index is 1.22. The third-order valence-corrected chi connectivity index (χ3v) is 8.04. The molecule has 0 spiro atoms. The van der Waals surface area contributed by atoms with E-state index < -0.39 is 0 Å². The van der Waals surface area contributed by atoms with Crippen LogP contribution < -0.4 is 9.47 Å². The van der Waals surface area contributed by atoms with Gasteiger partial charge in [0.1, 0.15) is 0 Å². The highest BCUT2D eigenvalue weighted by atomic mass is 16.6. The molecule has 7 rings (SSSR count). The minimum Gasteiger partial charge on any atom is -0.449 e. The van der Waals surface area contributed by atoms with Crippen LogP contribution in [0.3, 0.4) is 0 Å². The Morgan fingerprint density at radius 2 is 1.44 bits per heavy atom. The van der Waals surface area contributed by atoms with E-state index in [1.54, 1.807) is 0 Å². The number of hydrogen-bond acceptors (Lipinski definition) is 2. The van der Waals surface area contributed by atoms with Crippen LogP contribution in [0.25, 0.3) is 11.1 Å². The first kappa shape index (κ1) is 21.3. The quantitative estimate of drug-likeness (QED) is 0.263. The summed E-state index contributed by atoms with van der Waals surface area (Å²) in [6.07, 6.45) is 9.89. The van der Waals surface area contributed by atoms with Crippen LogP contribution >= 0.6 is 0 Å². The fourth-order valence-electron chi connectivity index (χ4n) is 6.18. The van der Waals surface area contributed by atoms with Crippen molar-refractivity contribution in [2.75, 3.05) is 0 Å². The Morgan fingerprint density at radius 3 is 2.33 bits per heavy atom. The lowest BCUT2D eigenvalue weighted by atomic mass is 9.74. The van der Waals surface area contributed by atoms with Gasteiger partial charge in [0.05, 0.1) is 0 Å². The maximum atomic E-state index is 6.57. The van der Waals surface area contributed by atoms with E-state index in [2.05, 4.69) is 117 Å². The van der Waals surface area contributed by atoms with Gasteiger partial charge in [-0.2, -0.15) is 0 Å². The van der Waals surface area contributed by atoms with Crippen molar-refractivity contribution in [1.29, 1.82) is 0 Å². The second kappa shape index (κ2) is 7.99. The summed E-state index contributed by atoms with van der Waals surface area (Å²) in [5.41, 5.74) is 7.58. The molecular weight excluding hydrogens is 440 g/mol. The van der Waals surface area contributed by atoms with E-state index in [1.807, 2.05) is 6.07 Å². The second-order valence-electron chi connectivity index (χ2n) is 10.6. The van der Waals surface area contributed by atoms with Crippen molar-refractivity contribution >= 4 is 0 Å². The lowest BCUT2D eigenvalue weighted by Gasteiger charge is -2.29. The molecule has 0 bridgehead atoms. The Morgan fingerprint density at radius 1 is 0.667 bits per heavy atom. The van der Waals surface area contributed by atoms with Crippen LogP contribution in [0, 0.1) is 5.92 Å². The zero-order valence-corrected chi connectivity index (χ0v) is 20.6. The van der Waals surface area contributed by atoms with E-state index in [9.17, 15) is 0 Å². The minimum absolute atomic E-state index is 0.0501. The Kier molecular flexibility index (Phi) is 4.72. The van der Waals surface area contributed by atoms with Gasteiger partial charge in [0.15, 0.2) is 23.0 Å². The lowest BCUT2D eigenvalue weighted by Crippen LogP contribution is -2.24. The number of hydrogen-bond donors (Lipinski definition) is 0. The van der Waals surface area contributed by atoms with Crippen molar-refractivity contribution in [3.63, 3.8) is 0 Å². The smallest absolute Gasteiger partial charge is 0.174 e. The lowest BCUT2D eigenvalue weighted by molar-refractivity contribution is 0.354. The number of fused-ring (bicyclic) bond motifs is 6. The van der Waals surface area contributed by atoms with Crippen molar-refractivity contribution in [2.45, 2.75) is 31.6 Å². The highest BCUT2D eigenvalue weighted by Crippen LogP contribution is 2.60. The molecule has 2 heteroatoms. The summed E-state index contributed by atoms with van der Waals surface area (Å²) in [6, 6.07) is 29.9. The fraction of sp³-hybridized carbons (Fsp3) is 0.176. The topological polar surface area (TPSA) is 18.5 Å². The summed E-state index contributed by atoms with van der Waals surface area (Å²) in [5, 5.41) is 0. The molecule has 2 atom stereocenters.